The highest BCUT2D eigenvalue weighted by Crippen LogP contribution is 2.39. The number of hydrogen-bond donors (Lipinski definition) is 1. The molecule has 8 nitrogen and oxygen atoms in total. The molecular weight excluding hydrogens is 410 g/mol. The van der Waals surface area contributed by atoms with Gasteiger partial charge in [-0.05, 0) is 48.1 Å². The first-order valence-corrected chi connectivity index (χ1v) is 10.6. The molecule has 1 aliphatic carbocycles. The lowest BCUT2D eigenvalue weighted by molar-refractivity contribution is -0.139. The van der Waals surface area contributed by atoms with Gasteiger partial charge in [0.2, 0.25) is 5.91 Å². The molecule has 4 rings (SSSR count). The molecule has 0 saturated carbocycles. The van der Waals surface area contributed by atoms with Gasteiger partial charge in [0, 0.05) is 13.6 Å². The molecule has 1 saturated heterocycles. The van der Waals surface area contributed by atoms with E-state index >= 15 is 0 Å². The first-order valence-electron chi connectivity index (χ1n) is 10.6. The fourth-order valence-electron chi connectivity index (χ4n) is 4.55. The van der Waals surface area contributed by atoms with Gasteiger partial charge < -0.3 is 19.7 Å². The van der Waals surface area contributed by atoms with Crippen molar-refractivity contribution in [3.05, 3.63) is 59.2 Å². The number of nitrogens with one attached hydrogen (secondary N) is 1. The predicted molar refractivity (Wildman–Crippen MR) is 117 cm³/mol. The summed E-state index contributed by atoms with van der Waals surface area (Å²) < 4.78 is 10.6. The van der Waals surface area contributed by atoms with Crippen molar-refractivity contribution in [2.75, 3.05) is 27.8 Å². The highest BCUT2D eigenvalue weighted by molar-refractivity contribution is 6.09. The van der Waals surface area contributed by atoms with Crippen LogP contribution in [-0.4, -0.2) is 55.5 Å². The molecule has 1 N–H and O–H groups in total. The van der Waals surface area contributed by atoms with Crippen LogP contribution in [0.15, 0.2) is 42.5 Å². The highest BCUT2D eigenvalue weighted by atomic mass is 16.5. The summed E-state index contributed by atoms with van der Waals surface area (Å²) in [6.45, 7) is -0.00478. The number of methoxy groups -OCH3 is 2. The maximum atomic E-state index is 13.4. The zero-order valence-electron chi connectivity index (χ0n) is 18.5. The molecule has 1 aliphatic heterocycles. The van der Waals surface area contributed by atoms with E-state index in [1.165, 1.54) is 4.90 Å². The number of urea groups is 1. The Morgan fingerprint density at radius 1 is 1.12 bits per heavy atom. The van der Waals surface area contributed by atoms with Gasteiger partial charge in [-0.15, -0.1) is 0 Å². The number of amides is 4. The number of nitrogens with zero attached hydrogens (tertiary/aromatic N) is 2. The van der Waals surface area contributed by atoms with Gasteiger partial charge in [-0.1, -0.05) is 30.3 Å². The third-order valence-electron chi connectivity index (χ3n) is 6.24. The number of fused-ring (bicyclic) bond motifs is 2. The first kappa shape index (κ1) is 21.7. The summed E-state index contributed by atoms with van der Waals surface area (Å²) in [5.74, 6) is 0.479. The maximum absolute atomic E-state index is 13.4. The van der Waals surface area contributed by atoms with E-state index in [0.717, 1.165) is 34.4 Å². The first-order chi connectivity index (χ1) is 15.4. The van der Waals surface area contributed by atoms with E-state index in [1.807, 2.05) is 30.3 Å². The topological polar surface area (TPSA) is 88.2 Å². The number of ether oxygens (including phenoxy) is 2. The van der Waals surface area contributed by atoms with Crippen LogP contribution in [0.3, 0.4) is 0 Å². The van der Waals surface area contributed by atoms with Crippen molar-refractivity contribution in [1.29, 1.82) is 0 Å². The molecule has 2 aromatic carbocycles. The zero-order chi connectivity index (χ0) is 22.9. The van der Waals surface area contributed by atoms with Gasteiger partial charge >= 0.3 is 6.03 Å². The molecule has 1 heterocycles. The predicted octanol–water partition coefficient (Wildman–Crippen LogP) is 2.45. The highest BCUT2D eigenvalue weighted by Gasteiger charge is 2.54. The molecule has 4 amide bonds. The van der Waals surface area contributed by atoms with Crippen LogP contribution < -0.4 is 14.8 Å². The lowest BCUT2D eigenvalue weighted by Crippen LogP contribution is -2.47. The van der Waals surface area contributed by atoms with Crippen LogP contribution in [0.25, 0.3) is 0 Å². The fraction of sp³-hybridized carbons (Fsp3) is 0.375. The van der Waals surface area contributed by atoms with Gasteiger partial charge in [0.05, 0.1) is 14.2 Å². The second-order valence-electron chi connectivity index (χ2n) is 8.18. The summed E-state index contributed by atoms with van der Waals surface area (Å²) in [5.41, 5.74) is 1.66. The van der Waals surface area contributed by atoms with Crippen LogP contribution in [0.2, 0.25) is 0 Å². The molecule has 8 heteroatoms. The van der Waals surface area contributed by atoms with E-state index in [0.29, 0.717) is 24.5 Å². The van der Waals surface area contributed by atoms with E-state index in [1.54, 1.807) is 33.4 Å². The molecule has 1 spiro atoms. The van der Waals surface area contributed by atoms with Crippen LogP contribution in [-0.2, 0) is 28.1 Å². The van der Waals surface area contributed by atoms with Crippen molar-refractivity contribution in [2.45, 2.75) is 31.3 Å². The molecule has 2 aromatic rings. The Morgan fingerprint density at radius 3 is 2.62 bits per heavy atom. The van der Waals surface area contributed by atoms with Crippen LogP contribution >= 0.6 is 0 Å². The number of rotatable bonds is 6. The number of benzene rings is 2. The van der Waals surface area contributed by atoms with E-state index in [4.69, 9.17) is 9.47 Å². The van der Waals surface area contributed by atoms with Crippen molar-refractivity contribution in [2.24, 2.45) is 0 Å². The van der Waals surface area contributed by atoms with Crippen LogP contribution in [0.1, 0.15) is 29.5 Å². The van der Waals surface area contributed by atoms with E-state index in [2.05, 4.69) is 5.32 Å². The van der Waals surface area contributed by atoms with Crippen molar-refractivity contribution in [3.8, 4) is 11.5 Å². The standard InChI is InChI=1S/C24H27N3O5/c1-26(14-16-10-11-19(31-2)20(13-16)32-3)21(28)15-27-22(29)24(25-23(27)30)12-6-8-17-7-4-5-9-18(17)24/h4-5,7,9-11,13H,6,8,12,14-15H2,1-3H3,(H,25,30). The van der Waals surface area contributed by atoms with Gasteiger partial charge in [0.1, 0.15) is 12.1 Å². The summed E-state index contributed by atoms with van der Waals surface area (Å²) >= 11 is 0. The van der Waals surface area contributed by atoms with Crippen molar-refractivity contribution >= 4 is 17.8 Å². The number of aryl methyl sites for hydroxylation is 1. The number of hydrogen-bond acceptors (Lipinski definition) is 5. The van der Waals surface area contributed by atoms with Crippen LogP contribution in [0.4, 0.5) is 4.79 Å². The minimum Gasteiger partial charge on any atom is -0.493 e. The quantitative estimate of drug-likeness (QED) is 0.702. The van der Waals surface area contributed by atoms with Crippen molar-refractivity contribution in [3.63, 3.8) is 0 Å². The third kappa shape index (κ3) is 3.66. The smallest absolute Gasteiger partial charge is 0.325 e. The van der Waals surface area contributed by atoms with E-state index in [9.17, 15) is 14.4 Å². The minimum atomic E-state index is -1.08. The molecule has 1 unspecified atom stereocenters. The lowest BCUT2D eigenvalue weighted by atomic mass is 9.76. The zero-order valence-corrected chi connectivity index (χ0v) is 18.5. The Kier molecular flexibility index (Phi) is 5.78. The monoisotopic (exact) mass is 437 g/mol. The number of likely N-dealkylation sites (N-methyl/N-ethyl adjacent to an activating group) is 1. The Morgan fingerprint density at radius 2 is 1.88 bits per heavy atom. The largest absolute Gasteiger partial charge is 0.493 e. The lowest BCUT2D eigenvalue weighted by Gasteiger charge is -2.33. The van der Waals surface area contributed by atoms with E-state index in [-0.39, 0.29) is 18.4 Å². The average molecular weight is 437 g/mol. The average Bonchev–Trinajstić information content (AvgIpc) is 3.03. The molecule has 168 valence electrons. The van der Waals surface area contributed by atoms with Gasteiger partial charge in [-0.25, -0.2) is 4.79 Å². The van der Waals surface area contributed by atoms with Gasteiger partial charge in [0.15, 0.2) is 11.5 Å². The number of imide groups is 1. The minimum absolute atomic E-state index is 0.302. The van der Waals surface area contributed by atoms with Crippen LogP contribution in [0.5, 0.6) is 11.5 Å². The molecule has 0 radical (unpaired) electrons. The Hall–Kier alpha value is -3.55. The molecule has 1 atom stereocenters. The molecular formula is C24H27N3O5. The second kappa shape index (κ2) is 8.53. The normalized spacial score (nSPS) is 19.5. The summed E-state index contributed by atoms with van der Waals surface area (Å²) in [6, 6.07) is 12.6. The molecule has 1 fully saturated rings. The summed E-state index contributed by atoms with van der Waals surface area (Å²) in [5, 5.41) is 2.88. The Bertz CT molecular complexity index is 1070. The van der Waals surface area contributed by atoms with Crippen LogP contribution in [0, 0.1) is 0 Å². The molecule has 2 aliphatic rings. The van der Waals surface area contributed by atoms with Gasteiger partial charge in [-0.2, -0.15) is 0 Å². The molecule has 32 heavy (non-hydrogen) atoms. The van der Waals surface area contributed by atoms with Crippen molar-refractivity contribution < 1.29 is 23.9 Å². The third-order valence-corrected chi connectivity index (χ3v) is 6.24. The SMILES string of the molecule is COc1ccc(CN(C)C(=O)CN2C(=O)NC3(CCCc4ccccc43)C2=O)cc1OC. The molecule has 0 aromatic heterocycles. The fourth-order valence-corrected chi connectivity index (χ4v) is 4.55. The summed E-state index contributed by atoms with van der Waals surface area (Å²) in [4.78, 5) is 41.5. The van der Waals surface area contributed by atoms with Crippen molar-refractivity contribution in [1.82, 2.24) is 15.1 Å². The molecule has 0 bridgehead atoms. The summed E-state index contributed by atoms with van der Waals surface area (Å²) in [6.07, 6.45) is 2.19. The maximum Gasteiger partial charge on any atom is 0.325 e. The van der Waals surface area contributed by atoms with Gasteiger partial charge in [-0.3, -0.25) is 14.5 Å². The Labute approximate surface area is 187 Å². The number of carbonyl (C=O) groups is 3. The second-order valence-corrected chi connectivity index (χ2v) is 8.18. The number of carbonyl (C=O) groups excluding carboxylic acids is 3. The summed E-state index contributed by atoms with van der Waals surface area (Å²) in [7, 11) is 4.75. The van der Waals surface area contributed by atoms with Gasteiger partial charge in [0.25, 0.3) is 5.91 Å². The van der Waals surface area contributed by atoms with E-state index < -0.39 is 11.6 Å². The Balaban J connectivity index is 1.48.